The first-order chi connectivity index (χ1) is 16.4. The van der Waals surface area contributed by atoms with E-state index in [-0.39, 0.29) is 11.3 Å². The summed E-state index contributed by atoms with van der Waals surface area (Å²) in [5.41, 5.74) is 1.46. The third-order valence-corrected chi connectivity index (χ3v) is 5.83. The zero-order chi connectivity index (χ0) is 24.1. The molecule has 2 heterocycles. The molecule has 4 rings (SSSR count). The highest BCUT2D eigenvalue weighted by Gasteiger charge is 2.14. The summed E-state index contributed by atoms with van der Waals surface area (Å²) in [5, 5.41) is 23.9. The highest BCUT2D eigenvalue weighted by Crippen LogP contribution is 2.26. The third-order valence-electron chi connectivity index (χ3n) is 4.68. The van der Waals surface area contributed by atoms with Crippen molar-refractivity contribution in [2.75, 3.05) is 5.32 Å². The number of thiazole rings is 1. The lowest BCUT2D eigenvalue weighted by molar-refractivity contribution is -0.384. The Hall–Kier alpha value is -4.26. The van der Waals surface area contributed by atoms with Crippen LogP contribution in [0.5, 0.6) is 0 Å². The topological polar surface area (TPSA) is 122 Å². The highest BCUT2D eigenvalue weighted by atomic mass is 35.5. The number of carbonyl (C=O) groups excluding carboxylic acids is 1. The van der Waals surface area contributed by atoms with Crippen molar-refractivity contribution < 1.29 is 14.1 Å². The normalized spacial score (nSPS) is 11.1. The zero-order valence-electron chi connectivity index (χ0n) is 17.4. The van der Waals surface area contributed by atoms with E-state index < -0.39 is 10.8 Å². The maximum Gasteiger partial charge on any atom is 0.269 e. The quantitative estimate of drug-likeness (QED) is 0.144. The number of nitro benzene ring substituents is 1. The molecule has 0 spiro atoms. The molecule has 168 valence electrons. The largest absolute Gasteiger partial charge is 0.457 e. The molecule has 0 atom stereocenters. The first-order valence-corrected chi connectivity index (χ1v) is 11.1. The molecule has 0 aliphatic heterocycles. The van der Waals surface area contributed by atoms with Crippen LogP contribution in [0.1, 0.15) is 16.2 Å². The molecule has 1 N–H and O–H groups in total. The first-order valence-electron chi connectivity index (χ1n) is 9.88. The summed E-state index contributed by atoms with van der Waals surface area (Å²) in [4.78, 5) is 28.0. The number of benzene rings is 2. The number of nitriles is 1. The van der Waals surface area contributed by atoms with Gasteiger partial charge in [-0.3, -0.25) is 20.2 Å². The number of nitrogens with zero attached hydrogens (tertiary/aromatic N) is 3. The van der Waals surface area contributed by atoms with Gasteiger partial charge >= 0.3 is 0 Å². The van der Waals surface area contributed by atoms with E-state index in [1.165, 1.54) is 29.5 Å². The van der Waals surface area contributed by atoms with Gasteiger partial charge in [-0.2, -0.15) is 5.26 Å². The van der Waals surface area contributed by atoms with E-state index in [1.807, 2.05) is 24.3 Å². The summed E-state index contributed by atoms with van der Waals surface area (Å²) in [6.07, 6.45) is 3.61. The summed E-state index contributed by atoms with van der Waals surface area (Å²) in [7, 11) is 0. The van der Waals surface area contributed by atoms with Crippen LogP contribution < -0.4 is 5.32 Å². The van der Waals surface area contributed by atoms with Crippen LogP contribution in [0.2, 0.25) is 5.02 Å². The molecule has 0 bridgehead atoms. The fourth-order valence-electron chi connectivity index (χ4n) is 3.08. The summed E-state index contributed by atoms with van der Waals surface area (Å²) >= 11 is 7.32. The minimum Gasteiger partial charge on any atom is -0.457 e. The molecular formula is C24H15ClN4O4S. The standard InChI is InChI=1S/C24H15ClN4O4S/c25-18-3-1-2-15(10-18)11-21-14-27-24(34-21)28-23(30)17(13-26)12-20-8-9-22(33-20)16-4-6-19(7-5-16)29(31)32/h1-10,12,14H,11H2,(H,27,28,30)/b17-12+. The van der Waals surface area contributed by atoms with Gasteiger partial charge in [-0.05, 0) is 42.0 Å². The van der Waals surface area contributed by atoms with Crippen molar-refractivity contribution in [3.63, 3.8) is 0 Å². The molecule has 0 aliphatic carbocycles. The first kappa shape index (κ1) is 22.9. The van der Waals surface area contributed by atoms with Gasteiger partial charge in [-0.1, -0.05) is 23.7 Å². The van der Waals surface area contributed by atoms with Crippen molar-refractivity contribution in [1.82, 2.24) is 4.98 Å². The fourth-order valence-corrected chi connectivity index (χ4v) is 4.14. The van der Waals surface area contributed by atoms with E-state index >= 15 is 0 Å². The van der Waals surface area contributed by atoms with E-state index in [2.05, 4.69) is 10.3 Å². The van der Waals surface area contributed by atoms with Crippen LogP contribution in [0.3, 0.4) is 0 Å². The van der Waals surface area contributed by atoms with Gasteiger partial charge in [0.1, 0.15) is 23.2 Å². The van der Waals surface area contributed by atoms with E-state index in [9.17, 15) is 20.2 Å². The second-order valence-electron chi connectivity index (χ2n) is 7.07. The van der Waals surface area contributed by atoms with Gasteiger partial charge in [0.15, 0.2) is 5.13 Å². The van der Waals surface area contributed by atoms with Crippen molar-refractivity contribution >= 4 is 45.7 Å². The molecule has 0 saturated carbocycles. The van der Waals surface area contributed by atoms with Crippen LogP contribution in [0.15, 0.2) is 76.9 Å². The molecule has 34 heavy (non-hydrogen) atoms. The van der Waals surface area contributed by atoms with E-state index in [1.54, 1.807) is 36.5 Å². The van der Waals surface area contributed by atoms with Gasteiger partial charge in [-0.15, -0.1) is 11.3 Å². The number of hydrogen-bond acceptors (Lipinski definition) is 7. The predicted octanol–water partition coefficient (Wildman–Crippen LogP) is 6.10. The highest BCUT2D eigenvalue weighted by molar-refractivity contribution is 7.15. The van der Waals surface area contributed by atoms with Crippen molar-refractivity contribution in [3.8, 4) is 17.4 Å². The van der Waals surface area contributed by atoms with Gasteiger partial charge in [0.25, 0.3) is 11.6 Å². The zero-order valence-corrected chi connectivity index (χ0v) is 19.0. The van der Waals surface area contributed by atoms with Gasteiger partial charge in [0.2, 0.25) is 0 Å². The van der Waals surface area contributed by atoms with Crippen LogP contribution in [0, 0.1) is 21.4 Å². The summed E-state index contributed by atoms with van der Waals surface area (Å²) in [6, 6.07) is 18.5. The number of aromatic nitrogens is 1. The lowest BCUT2D eigenvalue weighted by Crippen LogP contribution is -2.13. The minimum atomic E-state index is -0.612. The second kappa shape index (κ2) is 10.1. The number of furan rings is 1. The Kier molecular flexibility index (Phi) is 6.82. The van der Waals surface area contributed by atoms with Crippen LogP contribution in [-0.4, -0.2) is 15.8 Å². The second-order valence-corrected chi connectivity index (χ2v) is 8.62. The van der Waals surface area contributed by atoms with Crippen LogP contribution >= 0.6 is 22.9 Å². The van der Waals surface area contributed by atoms with E-state index in [0.717, 1.165) is 10.4 Å². The Balaban J connectivity index is 1.44. The molecule has 10 heteroatoms. The van der Waals surface area contributed by atoms with Crippen molar-refractivity contribution in [2.24, 2.45) is 0 Å². The average Bonchev–Trinajstić information content (AvgIpc) is 3.47. The van der Waals surface area contributed by atoms with E-state index in [4.69, 9.17) is 16.0 Å². The molecule has 4 aromatic rings. The number of anilines is 1. The molecule has 0 radical (unpaired) electrons. The molecule has 0 fully saturated rings. The molecular weight excluding hydrogens is 476 g/mol. The van der Waals surface area contributed by atoms with Gasteiger partial charge in [0.05, 0.1) is 4.92 Å². The Morgan fingerprint density at radius 2 is 2.03 bits per heavy atom. The molecule has 0 unspecified atom stereocenters. The number of halogens is 1. The van der Waals surface area contributed by atoms with Crippen molar-refractivity contribution in [3.05, 3.63) is 104 Å². The lowest BCUT2D eigenvalue weighted by atomic mass is 10.1. The molecule has 8 nitrogen and oxygen atoms in total. The number of hydrogen-bond donors (Lipinski definition) is 1. The van der Waals surface area contributed by atoms with Crippen LogP contribution in [0.4, 0.5) is 10.8 Å². The number of non-ortho nitro benzene ring substituents is 1. The Labute approximate surface area is 202 Å². The summed E-state index contributed by atoms with van der Waals surface area (Å²) in [6.45, 7) is 0. The predicted molar refractivity (Wildman–Crippen MR) is 129 cm³/mol. The molecule has 0 aliphatic rings. The Morgan fingerprint density at radius 1 is 1.24 bits per heavy atom. The smallest absolute Gasteiger partial charge is 0.269 e. The number of carbonyl (C=O) groups is 1. The van der Waals surface area contributed by atoms with Gasteiger partial charge < -0.3 is 4.42 Å². The number of amides is 1. The molecule has 0 saturated heterocycles. The minimum absolute atomic E-state index is 0.0308. The number of nitro groups is 1. The van der Waals surface area contributed by atoms with Crippen LogP contribution in [0.25, 0.3) is 17.4 Å². The maximum absolute atomic E-state index is 12.6. The van der Waals surface area contributed by atoms with Gasteiger partial charge in [0, 0.05) is 46.3 Å². The molecule has 2 aromatic carbocycles. The van der Waals surface area contributed by atoms with E-state index in [0.29, 0.717) is 33.7 Å². The number of rotatable bonds is 7. The average molecular weight is 491 g/mol. The van der Waals surface area contributed by atoms with Crippen molar-refractivity contribution in [1.29, 1.82) is 5.26 Å². The Morgan fingerprint density at radius 3 is 2.74 bits per heavy atom. The molecule has 1 amide bonds. The summed E-state index contributed by atoms with van der Waals surface area (Å²) in [5.74, 6) is 0.129. The SMILES string of the molecule is N#C/C(=C\c1ccc(-c2ccc([N+](=O)[O-])cc2)o1)C(=O)Nc1ncc(Cc2cccc(Cl)c2)s1. The number of nitrogens with one attached hydrogen (secondary N) is 1. The fraction of sp³-hybridized carbons (Fsp3) is 0.0417. The maximum atomic E-state index is 12.6. The Bertz CT molecular complexity index is 1430. The van der Waals surface area contributed by atoms with Crippen molar-refractivity contribution in [2.45, 2.75) is 6.42 Å². The molecule has 2 aromatic heterocycles. The monoisotopic (exact) mass is 490 g/mol. The van der Waals surface area contributed by atoms with Crippen LogP contribution in [-0.2, 0) is 11.2 Å². The third kappa shape index (κ3) is 5.56. The summed E-state index contributed by atoms with van der Waals surface area (Å²) < 4.78 is 5.68. The van der Waals surface area contributed by atoms with Gasteiger partial charge in [-0.25, -0.2) is 4.98 Å². The lowest BCUT2D eigenvalue weighted by Gasteiger charge is -2.00.